The average Bonchev–Trinajstić information content (AvgIpc) is 2.52. The standard InChI is InChI=1S/C17H24N2O/c1-18-12-9-16-10-13-19(14-11-16)17(20)8-7-15-5-3-2-4-6-15/h2-8,16,18H,9-14H2,1H3. The van der Waals surface area contributed by atoms with E-state index < -0.39 is 0 Å². The van der Waals surface area contributed by atoms with E-state index in [1.807, 2.05) is 48.4 Å². The summed E-state index contributed by atoms with van der Waals surface area (Å²) in [5.74, 6) is 0.908. The molecule has 1 N–H and O–H groups in total. The van der Waals surface area contributed by atoms with Crippen LogP contribution in [-0.2, 0) is 4.79 Å². The van der Waals surface area contributed by atoms with Crippen molar-refractivity contribution in [2.75, 3.05) is 26.7 Å². The number of nitrogens with one attached hydrogen (secondary N) is 1. The lowest BCUT2D eigenvalue weighted by molar-refractivity contribution is -0.127. The Hall–Kier alpha value is -1.61. The summed E-state index contributed by atoms with van der Waals surface area (Å²) in [5, 5.41) is 3.20. The van der Waals surface area contributed by atoms with Crippen LogP contribution in [0.25, 0.3) is 6.08 Å². The number of benzene rings is 1. The smallest absolute Gasteiger partial charge is 0.246 e. The van der Waals surface area contributed by atoms with Gasteiger partial charge < -0.3 is 10.2 Å². The molecule has 108 valence electrons. The highest BCUT2D eigenvalue weighted by atomic mass is 16.2. The summed E-state index contributed by atoms with van der Waals surface area (Å²) in [6, 6.07) is 9.96. The first-order valence-electron chi connectivity index (χ1n) is 7.46. The normalized spacial score (nSPS) is 16.8. The number of carbonyl (C=O) groups is 1. The molecule has 3 nitrogen and oxygen atoms in total. The number of hydrogen-bond acceptors (Lipinski definition) is 2. The zero-order valence-corrected chi connectivity index (χ0v) is 12.2. The quantitative estimate of drug-likeness (QED) is 0.836. The monoisotopic (exact) mass is 272 g/mol. The predicted molar refractivity (Wildman–Crippen MR) is 83.3 cm³/mol. The van der Waals surface area contributed by atoms with Crippen molar-refractivity contribution >= 4 is 12.0 Å². The molecular weight excluding hydrogens is 248 g/mol. The maximum absolute atomic E-state index is 12.1. The third-order valence-electron chi connectivity index (χ3n) is 3.95. The summed E-state index contributed by atoms with van der Waals surface area (Å²) in [6.07, 6.45) is 7.08. The Morgan fingerprint density at radius 1 is 1.30 bits per heavy atom. The van der Waals surface area contributed by atoms with Gasteiger partial charge in [0.25, 0.3) is 0 Å². The van der Waals surface area contributed by atoms with E-state index in [9.17, 15) is 4.79 Å². The number of piperidine rings is 1. The number of carbonyl (C=O) groups excluding carboxylic acids is 1. The molecule has 2 rings (SSSR count). The topological polar surface area (TPSA) is 32.3 Å². The number of hydrogen-bond donors (Lipinski definition) is 1. The molecule has 0 atom stereocenters. The van der Waals surface area contributed by atoms with Gasteiger partial charge in [0, 0.05) is 19.2 Å². The minimum atomic E-state index is 0.140. The Bertz CT molecular complexity index is 434. The second kappa shape index (κ2) is 7.85. The van der Waals surface area contributed by atoms with Crippen molar-refractivity contribution in [2.45, 2.75) is 19.3 Å². The molecule has 1 aliphatic rings. The minimum Gasteiger partial charge on any atom is -0.339 e. The highest BCUT2D eigenvalue weighted by molar-refractivity contribution is 5.91. The van der Waals surface area contributed by atoms with Gasteiger partial charge in [-0.15, -0.1) is 0 Å². The van der Waals surface area contributed by atoms with Crippen LogP contribution < -0.4 is 5.32 Å². The Kier molecular flexibility index (Phi) is 5.81. The highest BCUT2D eigenvalue weighted by Gasteiger charge is 2.20. The van der Waals surface area contributed by atoms with E-state index >= 15 is 0 Å². The van der Waals surface area contributed by atoms with Gasteiger partial charge in [0.2, 0.25) is 5.91 Å². The van der Waals surface area contributed by atoms with Crippen molar-refractivity contribution in [3.05, 3.63) is 42.0 Å². The van der Waals surface area contributed by atoms with Crippen LogP contribution in [0.5, 0.6) is 0 Å². The lowest BCUT2D eigenvalue weighted by Crippen LogP contribution is -2.38. The molecule has 1 aliphatic heterocycles. The summed E-state index contributed by atoms with van der Waals surface area (Å²) >= 11 is 0. The van der Waals surface area contributed by atoms with Crippen molar-refractivity contribution in [3.63, 3.8) is 0 Å². The summed E-state index contributed by atoms with van der Waals surface area (Å²) < 4.78 is 0. The van der Waals surface area contributed by atoms with Crippen LogP contribution >= 0.6 is 0 Å². The Balaban J connectivity index is 1.79. The summed E-state index contributed by atoms with van der Waals surface area (Å²) in [6.45, 7) is 2.87. The SMILES string of the molecule is CNCCC1CCN(C(=O)C=Cc2ccccc2)CC1. The van der Waals surface area contributed by atoms with Crippen LogP contribution in [0.2, 0.25) is 0 Å². The van der Waals surface area contributed by atoms with Crippen molar-refractivity contribution in [2.24, 2.45) is 5.92 Å². The van der Waals surface area contributed by atoms with Gasteiger partial charge in [-0.3, -0.25) is 4.79 Å². The zero-order chi connectivity index (χ0) is 14.2. The highest BCUT2D eigenvalue weighted by Crippen LogP contribution is 2.20. The van der Waals surface area contributed by atoms with E-state index in [4.69, 9.17) is 0 Å². The molecule has 1 amide bonds. The molecule has 0 saturated carbocycles. The number of likely N-dealkylation sites (tertiary alicyclic amines) is 1. The second-order valence-corrected chi connectivity index (χ2v) is 5.40. The van der Waals surface area contributed by atoms with Gasteiger partial charge in [0.15, 0.2) is 0 Å². The predicted octanol–water partition coefficient (Wildman–Crippen LogP) is 2.55. The molecular formula is C17H24N2O. The molecule has 0 bridgehead atoms. The maximum Gasteiger partial charge on any atom is 0.246 e. The third kappa shape index (κ3) is 4.49. The minimum absolute atomic E-state index is 0.140. The van der Waals surface area contributed by atoms with Gasteiger partial charge in [-0.2, -0.15) is 0 Å². The van der Waals surface area contributed by atoms with E-state index in [0.717, 1.165) is 44.0 Å². The molecule has 0 aromatic heterocycles. The molecule has 0 unspecified atom stereocenters. The molecule has 1 aromatic rings. The van der Waals surface area contributed by atoms with Crippen LogP contribution in [0, 0.1) is 5.92 Å². The van der Waals surface area contributed by atoms with E-state index in [1.54, 1.807) is 6.08 Å². The molecule has 0 spiro atoms. The molecule has 0 aliphatic carbocycles. The largest absolute Gasteiger partial charge is 0.339 e. The molecule has 0 radical (unpaired) electrons. The number of nitrogens with zero attached hydrogens (tertiary/aromatic N) is 1. The molecule has 1 saturated heterocycles. The van der Waals surface area contributed by atoms with E-state index in [0.29, 0.717) is 0 Å². The molecule has 3 heteroatoms. The first-order chi connectivity index (χ1) is 9.79. The Morgan fingerprint density at radius 3 is 2.65 bits per heavy atom. The van der Waals surface area contributed by atoms with Crippen LogP contribution in [-0.4, -0.2) is 37.5 Å². The fourth-order valence-corrected chi connectivity index (χ4v) is 2.63. The van der Waals surface area contributed by atoms with Gasteiger partial charge in [-0.1, -0.05) is 30.3 Å². The Labute approximate surface area is 121 Å². The molecule has 1 heterocycles. The summed E-state index contributed by atoms with van der Waals surface area (Å²) in [5.41, 5.74) is 1.07. The van der Waals surface area contributed by atoms with E-state index in [-0.39, 0.29) is 5.91 Å². The average molecular weight is 272 g/mol. The second-order valence-electron chi connectivity index (χ2n) is 5.40. The van der Waals surface area contributed by atoms with Crippen molar-refractivity contribution in [1.29, 1.82) is 0 Å². The fourth-order valence-electron chi connectivity index (χ4n) is 2.63. The van der Waals surface area contributed by atoms with Crippen molar-refractivity contribution in [1.82, 2.24) is 10.2 Å². The van der Waals surface area contributed by atoms with Crippen LogP contribution in [0.1, 0.15) is 24.8 Å². The third-order valence-corrected chi connectivity index (χ3v) is 3.95. The van der Waals surface area contributed by atoms with E-state index in [1.165, 1.54) is 6.42 Å². The Morgan fingerprint density at radius 2 is 2.00 bits per heavy atom. The van der Waals surface area contributed by atoms with Crippen LogP contribution in [0.15, 0.2) is 36.4 Å². The van der Waals surface area contributed by atoms with Crippen LogP contribution in [0.4, 0.5) is 0 Å². The first kappa shape index (κ1) is 14.8. The van der Waals surface area contributed by atoms with Gasteiger partial charge in [-0.05, 0) is 50.4 Å². The van der Waals surface area contributed by atoms with Crippen molar-refractivity contribution < 1.29 is 4.79 Å². The summed E-state index contributed by atoms with van der Waals surface area (Å²) in [4.78, 5) is 14.1. The fraction of sp³-hybridized carbons (Fsp3) is 0.471. The molecule has 1 aromatic carbocycles. The maximum atomic E-state index is 12.1. The van der Waals surface area contributed by atoms with Gasteiger partial charge in [0.05, 0.1) is 0 Å². The number of amides is 1. The zero-order valence-electron chi connectivity index (χ0n) is 12.2. The summed E-state index contributed by atoms with van der Waals surface area (Å²) in [7, 11) is 1.99. The van der Waals surface area contributed by atoms with Crippen molar-refractivity contribution in [3.8, 4) is 0 Å². The van der Waals surface area contributed by atoms with Crippen LogP contribution in [0.3, 0.4) is 0 Å². The first-order valence-corrected chi connectivity index (χ1v) is 7.46. The molecule has 1 fully saturated rings. The lowest BCUT2D eigenvalue weighted by atomic mass is 9.93. The lowest BCUT2D eigenvalue weighted by Gasteiger charge is -2.31. The van der Waals surface area contributed by atoms with Gasteiger partial charge in [0.1, 0.15) is 0 Å². The van der Waals surface area contributed by atoms with Gasteiger partial charge >= 0.3 is 0 Å². The molecule has 20 heavy (non-hydrogen) atoms. The van der Waals surface area contributed by atoms with E-state index in [2.05, 4.69) is 5.32 Å². The van der Waals surface area contributed by atoms with Gasteiger partial charge in [-0.25, -0.2) is 0 Å². The number of rotatable bonds is 5.